The lowest BCUT2D eigenvalue weighted by molar-refractivity contribution is -0.249. The third-order valence-electron chi connectivity index (χ3n) is 17.1. The van der Waals surface area contributed by atoms with Crippen LogP contribution in [0.1, 0.15) is 137 Å². The number of carbonyl (C=O) groups excluding carboxylic acids is 2. The summed E-state index contributed by atoms with van der Waals surface area (Å²) in [6.45, 7) is 21.9. The number of allylic oxidation sites excluding steroid dienone is 1. The Hall–Kier alpha value is -2.96. The Morgan fingerprint density at radius 2 is 1.69 bits per heavy atom. The lowest BCUT2D eigenvalue weighted by atomic mass is 9.32. The highest BCUT2D eigenvalue weighted by Gasteiger charge is 2.72. The summed E-state index contributed by atoms with van der Waals surface area (Å²) in [5.74, 6) is 3.54. The molecule has 7 heteroatoms. The average molecular weight is 695 g/mol. The fourth-order valence-electron chi connectivity index (χ4n) is 14.6. The van der Waals surface area contributed by atoms with Crippen molar-refractivity contribution in [3.05, 3.63) is 48.6 Å². The maximum Gasteiger partial charge on any atom is 0.302 e. The van der Waals surface area contributed by atoms with Crippen LogP contribution in [0, 0.1) is 56.7 Å². The number of hydrogen-bond acceptors (Lipinski definition) is 5. The maximum atomic E-state index is 15.4. The molecule has 3 heterocycles. The lowest BCUT2D eigenvalue weighted by Gasteiger charge is -2.73. The minimum atomic E-state index is -0.332. The summed E-state index contributed by atoms with van der Waals surface area (Å²) in [6.07, 6.45) is 16.7. The third-order valence-corrected chi connectivity index (χ3v) is 17.1. The van der Waals surface area contributed by atoms with Crippen molar-refractivity contribution < 1.29 is 14.3 Å². The van der Waals surface area contributed by atoms with Gasteiger partial charge in [0.2, 0.25) is 5.91 Å². The smallest absolute Gasteiger partial charge is 0.302 e. The first-order valence-corrected chi connectivity index (χ1v) is 20.3. The van der Waals surface area contributed by atoms with Gasteiger partial charge in [0.25, 0.3) is 0 Å². The van der Waals surface area contributed by atoms with E-state index in [4.69, 9.17) is 9.72 Å². The molecule has 6 aliphatic rings. The van der Waals surface area contributed by atoms with E-state index in [-0.39, 0.29) is 45.2 Å². The number of rotatable bonds is 5. The molecule has 7 nitrogen and oxygen atoms in total. The normalized spacial score (nSPS) is 42.6. The van der Waals surface area contributed by atoms with Crippen LogP contribution in [-0.2, 0) is 14.3 Å². The van der Waals surface area contributed by atoms with Crippen LogP contribution in [0.25, 0.3) is 11.4 Å². The molecule has 2 aromatic heterocycles. The average Bonchev–Trinajstić information content (AvgIpc) is 3.85. The highest BCUT2D eigenvalue weighted by atomic mass is 16.5. The maximum absolute atomic E-state index is 15.4. The van der Waals surface area contributed by atoms with Crippen LogP contribution in [0.3, 0.4) is 0 Å². The molecule has 0 spiro atoms. The minimum absolute atomic E-state index is 0.00216. The number of amides is 1. The van der Waals surface area contributed by atoms with Crippen LogP contribution in [0.15, 0.2) is 42.7 Å². The van der Waals surface area contributed by atoms with Crippen molar-refractivity contribution in [1.82, 2.24) is 19.9 Å². The zero-order valence-electron chi connectivity index (χ0n) is 32.4. The van der Waals surface area contributed by atoms with E-state index in [9.17, 15) is 4.79 Å². The summed E-state index contributed by atoms with van der Waals surface area (Å²) in [7, 11) is 0. The van der Waals surface area contributed by atoms with Crippen LogP contribution in [0.4, 0.5) is 0 Å². The summed E-state index contributed by atoms with van der Waals surface area (Å²) < 4.78 is 5.99. The predicted octanol–water partition coefficient (Wildman–Crippen LogP) is 9.72. The van der Waals surface area contributed by atoms with Crippen molar-refractivity contribution in [2.75, 3.05) is 6.54 Å². The minimum Gasteiger partial charge on any atom is -0.462 e. The van der Waals surface area contributed by atoms with Crippen molar-refractivity contribution in [2.45, 2.75) is 138 Å². The molecule has 51 heavy (non-hydrogen) atoms. The Labute approximate surface area is 306 Å². The summed E-state index contributed by atoms with van der Waals surface area (Å²) >= 11 is 0. The highest BCUT2D eigenvalue weighted by Crippen LogP contribution is 2.78. The Morgan fingerprint density at radius 1 is 0.882 bits per heavy atom. The van der Waals surface area contributed by atoms with Crippen LogP contribution in [0.5, 0.6) is 0 Å². The topological polar surface area (TPSA) is 88.2 Å². The molecule has 1 saturated heterocycles. The zero-order valence-corrected chi connectivity index (χ0v) is 32.4. The number of hydrogen-bond donors (Lipinski definition) is 1. The van der Waals surface area contributed by atoms with Crippen molar-refractivity contribution in [2.24, 2.45) is 56.7 Å². The van der Waals surface area contributed by atoms with Gasteiger partial charge >= 0.3 is 5.97 Å². The molecule has 1 aliphatic heterocycles. The van der Waals surface area contributed by atoms with Gasteiger partial charge in [-0.3, -0.25) is 14.6 Å². The fraction of sp³-hybridized carbons (Fsp3) is 0.727. The first-order valence-electron chi connectivity index (χ1n) is 20.3. The van der Waals surface area contributed by atoms with E-state index < -0.39 is 0 Å². The highest BCUT2D eigenvalue weighted by molar-refractivity contribution is 5.84. The quantitative estimate of drug-likeness (QED) is 0.249. The molecule has 6 fully saturated rings. The van der Waals surface area contributed by atoms with Gasteiger partial charge in [0.05, 0.1) is 29.0 Å². The Kier molecular flexibility index (Phi) is 8.28. The third kappa shape index (κ3) is 4.94. The van der Waals surface area contributed by atoms with Gasteiger partial charge in [0, 0.05) is 25.1 Å². The van der Waals surface area contributed by atoms with Crippen LogP contribution < -0.4 is 0 Å². The molecule has 1 N–H and O–H groups in total. The number of nitrogens with zero attached hydrogens (tertiary/aromatic N) is 3. The zero-order chi connectivity index (χ0) is 36.1. The number of fused-ring (bicyclic) bond motifs is 7. The van der Waals surface area contributed by atoms with Crippen molar-refractivity contribution >= 4 is 11.9 Å². The second-order valence-electron chi connectivity index (χ2n) is 19.4. The summed E-state index contributed by atoms with van der Waals surface area (Å²) in [5.41, 5.74) is 3.28. The Bertz CT molecular complexity index is 1700. The molecule has 5 aliphatic carbocycles. The fourth-order valence-corrected chi connectivity index (χ4v) is 14.6. The summed E-state index contributed by atoms with van der Waals surface area (Å²) in [4.78, 5) is 42.7. The van der Waals surface area contributed by atoms with Gasteiger partial charge in [0.15, 0.2) is 0 Å². The van der Waals surface area contributed by atoms with E-state index in [0.717, 1.165) is 75.1 Å². The second-order valence-corrected chi connectivity index (χ2v) is 19.4. The van der Waals surface area contributed by atoms with Crippen molar-refractivity contribution in [1.29, 1.82) is 0 Å². The first-order chi connectivity index (χ1) is 24.2. The molecular formula is C44H62N4O3. The molecular weight excluding hydrogens is 633 g/mol. The number of likely N-dealkylation sites (tertiary alicyclic amines) is 1. The SMILES string of the molecule is C=C(C)[C@@H]1CC[C@]2(C(=O)N3CCC[C@H]3c3ncc(-c4ccccn4)[nH]3)CC[C@]3(C)[C@H](CCC4[C@@]5(C)CC[C@H](OC(C)=O)C(C)(C)C5CC[C@]43C)C12. The number of nitrogens with one attached hydrogen (secondary N) is 1. The Balaban J connectivity index is 1.11. The van der Waals surface area contributed by atoms with Crippen molar-refractivity contribution in [3.8, 4) is 11.4 Å². The van der Waals surface area contributed by atoms with E-state index in [1.807, 2.05) is 30.6 Å². The molecule has 0 radical (unpaired) electrons. The van der Waals surface area contributed by atoms with Gasteiger partial charge < -0.3 is 14.6 Å². The number of aromatic amines is 1. The van der Waals surface area contributed by atoms with Crippen LogP contribution in [-0.4, -0.2) is 44.4 Å². The molecule has 8 rings (SSSR count). The molecule has 1 amide bonds. The van der Waals surface area contributed by atoms with Gasteiger partial charge in [0.1, 0.15) is 11.9 Å². The van der Waals surface area contributed by atoms with Crippen LogP contribution in [0.2, 0.25) is 0 Å². The second kappa shape index (κ2) is 12.0. The number of H-pyrrole nitrogens is 1. The van der Waals surface area contributed by atoms with Crippen molar-refractivity contribution in [3.63, 3.8) is 0 Å². The monoisotopic (exact) mass is 694 g/mol. The molecule has 5 saturated carbocycles. The number of aromatic nitrogens is 3. The molecule has 2 aromatic rings. The van der Waals surface area contributed by atoms with E-state index in [1.165, 1.54) is 31.3 Å². The number of esters is 1. The predicted molar refractivity (Wildman–Crippen MR) is 200 cm³/mol. The summed E-state index contributed by atoms with van der Waals surface area (Å²) in [6, 6.07) is 5.92. The van der Waals surface area contributed by atoms with E-state index in [0.29, 0.717) is 35.5 Å². The number of ether oxygens (including phenoxy) is 1. The van der Waals surface area contributed by atoms with E-state index >= 15 is 4.79 Å². The first kappa shape index (κ1) is 35.1. The Morgan fingerprint density at radius 3 is 2.41 bits per heavy atom. The summed E-state index contributed by atoms with van der Waals surface area (Å²) in [5, 5.41) is 0. The lowest BCUT2D eigenvalue weighted by Crippen LogP contribution is -2.67. The molecule has 276 valence electrons. The van der Waals surface area contributed by atoms with Gasteiger partial charge in [-0.2, -0.15) is 0 Å². The molecule has 3 unspecified atom stereocenters. The van der Waals surface area contributed by atoms with Gasteiger partial charge in [-0.25, -0.2) is 4.98 Å². The molecule has 11 atom stereocenters. The van der Waals surface area contributed by atoms with Gasteiger partial charge in [-0.1, -0.05) is 52.8 Å². The van der Waals surface area contributed by atoms with Crippen LogP contribution >= 0.6 is 0 Å². The van der Waals surface area contributed by atoms with Gasteiger partial charge in [-0.05, 0) is 142 Å². The van der Waals surface area contributed by atoms with E-state index in [2.05, 4.69) is 63.0 Å². The van der Waals surface area contributed by atoms with Gasteiger partial charge in [-0.15, -0.1) is 0 Å². The standard InChI is InChI=1S/C44H62N4O3/c1-27(2)29-16-21-44(39(50)48-25-11-13-33(48)38-46-26-32(47-38)31-12-9-10-24-45-31)23-22-42(7)30(37(29)44)14-15-35-41(6)19-18-36(51-28(3)49)40(4,5)34(41)17-20-43(35,42)8/h9-10,12,24,26,29-30,33-37H,1,11,13-23,25H2,2-8H3,(H,46,47)/t29-,30+,33-,34?,35?,36-,37?,41-,42+,43+,44-/m0/s1. The largest absolute Gasteiger partial charge is 0.462 e. The molecule has 0 bridgehead atoms. The van der Waals surface area contributed by atoms with E-state index in [1.54, 1.807) is 6.92 Å². The number of carbonyl (C=O) groups is 2. The number of imidazole rings is 1. The number of pyridine rings is 1. The molecule has 0 aromatic carbocycles.